The molecule has 0 aromatic carbocycles. The van der Waals surface area contributed by atoms with E-state index in [2.05, 4.69) is 25.9 Å². The highest BCUT2D eigenvalue weighted by atomic mass is 35.5. The van der Waals surface area contributed by atoms with E-state index in [1.165, 1.54) is 12.8 Å². The Morgan fingerprint density at radius 2 is 2.10 bits per heavy atom. The topological polar surface area (TPSA) is 81.7 Å². The van der Waals surface area contributed by atoms with Gasteiger partial charge < -0.3 is 20.9 Å². The first-order chi connectivity index (χ1) is 14.1. The molecule has 1 atom stereocenters. The maximum absolute atomic E-state index is 12.6. The molecule has 0 radical (unpaired) electrons. The summed E-state index contributed by atoms with van der Waals surface area (Å²) in [5.74, 6) is 1.95. The van der Waals surface area contributed by atoms with E-state index in [-0.39, 0.29) is 12.0 Å². The zero-order valence-corrected chi connectivity index (χ0v) is 18.4. The van der Waals surface area contributed by atoms with Gasteiger partial charge in [0.15, 0.2) is 5.96 Å². The van der Waals surface area contributed by atoms with Crippen molar-refractivity contribution >= 4 is 40.9 Å². The van der Waals surface area contributed by atoms with Crippen LogP contribution in [0.15, 0.2) is 17.3 Å². The molecular formula is C20H30Cl2N6O. The molecule has 9 heteroatoms. The van der Waals surface area contributed by atoms with E-state index in [1.54, 1.807) is 12.3 Å². The van der Waals surface area contributed by atoms with Gasteiger partial charge in [-0.1, -0.05) is 36.0 Å². The minimum atomic E-state index is 0.235. The monoisotopic (exact) mass is 440 g/mol. The number of carbonyl (C=O) groups excluding carboxylic acids is 1. The van der Waals surface area contributed by atoms with Crippen LogP contribution in [0.4, 0.5) is 5.82 Å². The molecule has 2 fully saturated rings. The largest absolute Gasteiger partial charge is 0.367 e. The molecule has 160 valence electrons. The van der Waals surface area contributed by atoms with Gasteiger partial charge in [-0.3, -0.25) is 9.79 Å². The lowest BCUT2D eigenvalue weighted by Gasteiger charge is -2.21. The minimum absolute atomic E-state index is 0.235. The molecule has 1 amide bonds. The van der Waals surface area contributed by atoms with E-state index in [0.717, 1.165) is 44.9 Å². The van der Waals surface area contributed by atoms with E-state index in [0.29, 0.717) is 34.9 Å². The van der Waals surface area contributed by atoms with Gasteiger partial charge >= 0.3 is 0 Å². The lowest BCUT2D eigenvalue weighted by atomic mass is 10.1. The fourth-order valence-corrected chi connectivity index (χ4v) is 4.36. The third-order valence-electron chi connectivity index (χ3n) is 5.37. The van der Waals surface area contributed by atoms with Crippen molar-refractivity contribution in [3.8, 4) is 0 Å². The second-order valence-corrected chi connectivity index (χ2v) is 8.41. The predicted octanol–water partition coefficient (Wildman–Crippen LogP) is 3.15. The lowest BCUT2D eigenvalue weighted by Crippen LogP contribution is -2.45. The number of amides is 1. The highest BCUT2D eigenvalue weighted by molar-refractivity contribution is 6.35. The molecule has 29 heavy (non-hydrogen) atoms. The zero-order valence-electron chi connectivity index (χ0n) is 16.9. The van der Waals surface area contributed by atoms with Crippen molar-refractivity contribution in [2.45, 2.75) is 45.1 Å². The molecule has 1 aliphatic carbocycles. The fourth-order valence-electron chi connectivity index (χ4n) is 3.91. The van der Waals surface area contributed by atoms with Crippen molar-refractivity contribution < 1.29 is 4.79 Å². The van der Waals surface area contributed by atoms with Gasteiger partial charge in [-0.25, -0.2) is 4.98 Å². The number of nitrogens with zero attached hydrogens (tertiary/aromatic N) is 3. The molecule has 1 saturated carbocycles. The average Bonchev–Trinajstić information content (AvgIpc) is 3.38. The number of halogens is 2. The van der Waals surface area contributed by atoms with Crippen molar-refractivity contribution in [1.82, 2.24) is 20.5 Å². The smallest absolute Gasteiger partial charge is 0.225 e. The summed E-state index contributed by atoms with van der Waals surface area (Å²) in [6.45, 7) is 5.56. The van der Waals surface area contributed by atoms with Gasteiger partial charge in [0.05, 0.1) is 16.6 Å². The van der Waals surface area contributed by atoms with E-state index in [9.17, 15) is 4.79 Å². The fraction of sp³-hybridized carbons (Fsp3) is 0.650. The first kappa shape index (κ1) is 22.0. The normalized spacial score (nSPS) is 20.2. The first-order valence-corrected chi connectivity index (χ1v) is 11.2. The second-order valence-electron chi connectivity index (χ2n) is 7.57. The minimum Gasteiger partial charge on any atom is -0.367 e. The molecule has 7 nitrogen and oxygen atoms in total. The molecule has 2 heterocycles. The summed E-state index contributed by atoms with van der Waals surface area (Å²) in [4.78, 5) is 23.4. The number of pyridine rings is 1. The van der Waals surface area contributed by atoms with E-state index < -0.39 is 0 Å². The zero-order chi connectivity index (χ0) is 20.6. The number of aliphatic imine (C=N–C) groups is 1. The lowest BCUT2D eigenvalue weighted by molar-refractivity contribution is -0.134. The molecule has 2 aliphatic rings. The SMILES string of the molecule is CCNC(=NCCNc1ncc(Cl)cc1Cl)NC1CCN(C(=O)C2CCCC2)C1. The molecule has 1 saturated heterocycles. The second kappa shape index (κ2) is 10.9. The summed E-state index contributed by atoms with van der Waals surface area (Å²) < 4.78 is 0. The van der Waals surface area contributed by atoms with Gasteiger partial charge in [0.25, 0.3) is 0 Å². The van der Waals surface area contributed by atoms with Crippen LogP contribution in [0.25, 0.3) is 0 Å². The van der Waals surface area contributed by atoms with Gasteiger partial charge in [-0.15, -0.1) is 0 Å². The van der Waals surface area contributed by atoms with E-state index in [4.69, 9.17) is 23.2 Å². The number of hydrogen-bond acceptors (Lipinski definition) is 4. The standard InChI is InChI=1S/C20H30Cl2N6O/c1-2-23-20(25-9-8-24-18-17(22)11-15(21)12-26-18)27-16-7-10-28(13-16)19(29)14-5-3-4-6-14/h11-12,14,16H,2-10,13H2,1H3,(H,24,26)(H2,23,25,27). The van der Waals surface area contributed by atoms with Crippen LogP contribution in [0.2, 0.25) is 10.0 Å². The third-order valence-corrected chi connectivity index (χ3v) is 5.87. The summed E-state index contributed by atoms with van der Waals surface area (Å²) in [5.41, 5.74) is 0. The van der Waals surface area contributed by atoms with Gasteiger partial charge in [0, 0.05) is 44.3 Å². The molecule has 1 aromatic rings. The number of aromatic nitrogens is 1. The van der Waals surface area contributed by atoms with E-state index >= 15 is 0 Å². The van der Waals surface area contributed by atoms with Gasteiger partial charge in [0.2, 0.25) is 5.91 Å². The molecule has 0 spiro atoms. The van der Waals surface area contributed by atoms with Gasteiger partial charge in [-0.05, 0) is 32.3 Å². The summed E-state index contributed by atoms with van der Waals surface area (Å²) in [6.07, 6.45) is 6.99. The van der Waals surface area contributed by atoms with Crippen molar-refractivity contribution in [1.29, 1.82) is 0 Å². The molecular weight excluding hydrogens is 411 g/mol. The van der Waals surface area contributed by atoms with Gasteiger partial charge in [-0.2, -0.15) is 0 Å². The number of anilines is 1. The number of hydrogen-bond donors (Lipinski definition) is 3. The van der Waals surface area contributed by atoms with Crippen LogP contribution in [-0.4, -0.2) is 60.5 Å². The predicted molar refractivity (Wildman–Crippen MR) is 119 cm³/mol. The van der Waals surface area contributed by atoms with Crippen molar-refractivity contribution in [2.24, 2.45) is 10.9 Å². The highest BCUT2D eigenvalue weighted by Crippen LogP contribution is 2.28. The average molecular weight is 441 g/mol. The quantitative estimate of drug-likeness (QED) is 0.344. The van der Waals surface area contributed by atoms with Crippen molar-refractivity contribution in [2.75, 3.05) is 38.0 Å². The number of rotatable bonds is 7. The van der Waals surface area contributed by atoms with Crippen LogP contribution in [0.5, 0.6) is 0 Å². The molecule has 1 unspecified atom stereocenters. The Morgan fingerprint density at radius 3 is 2.83 bits per heavy atom. The van der Waals surface area contributed by atoms with Crippen LogP contribution in [-0.2, 0) is 4.79 Å². The summed E-state index contributed by atoms with van der Waals surface area (Å²) in [6, 6.07) is 1.89. The Morgan fingerprint density at radius 1 is 1.31 bits per heavy atom. The third kappa shape index (κ3) is 6.37. The molecule has 1 aliphatic heterocycles. The Hall–Kier alpha value is -1.73. The molecule has 3 N–H and O–H groups in total. The van der Waals surface area contributed by atoms with Crippen LogP contribution >= 0.6 is 23.2 Å². The summed E-state index contributed by atoms with van der Waals surface area (Å²) in [5, 5.41) is 10.9. The van der Waals surface area contributed by atoms with Crippen LogP contribution in [0, 0.1) is 5.92 Å². The number of nitrogens with one attached hydrogen (secondary N) is 3. The highest BCUT2D eigenvalue weighted by Gasteiger charge is 2.32. The maximum atomic E-state index is 12.6. The maximum Gasteiger partial charge on any atom is 0.225 e. The number of carbonyl (C=O) groups is 1. The Kier molecular flexibility index (Phi) is 8.24. The molecule has 1 aromatic heterocycles. The Labute approximate surface area is 182 Å². The van der Waals surface area contributed by atoms with Crippen LogP contribution in [0.1, 0.15) is 39.0 Å². The van der Waals surface area contributed by atoms with Crippen LogP contribution < -0.4 is 16.0 Å². The Balaban J connectivity index is 1.46. The van der Waals surface area contributed by atoms with E-state index in [1.807, 2.05) is 11.8 Å². The Bertz CT molecular complexity index is 723. The van der Waals surface area contributed by atoms with Crippen LogP contribution in [0.3, 0.4) is 0 Å². The van der Waals surface area contributed by atoms with Crippen molar-refractivity contribution in [3.63, 3.8) is 0 Å². The summed E-state index contributed by atoms with van der Waals surface area (Å²) in [7, 11) is 0. The molecule has 3 rings (SSSR count). The first-order valence-electron chi connectivity index (χ1n) is 10.5. The van der Waals surface area contributed by atoms with Gasteiger partial charge in [0.1, 0.15) is 5.82 Å². The summed E-state index contributed by atoms with van der Waals surface area (Å²) >= 11 is 12.0. The number of likely N-dealkylation sites (tertiary alicyclic amines) is 1. The molecule has 0 bridgehead atoms. The van der Waals surface area contributed by atoms with Crippen molar-refractivity contribution in [3.05, 3.63) is 22.3 Å². The number of guanidine groups is 1.